The molecule has 0 aliphatic rings. The van der Waals surface area contributed by atoms with Crippen LogP contribution in [0.1, 0.15) is 17.8 Å². The highest BCUT2D eigenvalue weighted by molar-refractivity contribution is 5.57. The van der Waals surface area contributed by atoms with E-state index in [1.165, 1.54) is 6.92 Å². The van der Waals surface area contributed by atoms with Gasteiger partial charge in [0.25, 0.3) is 0 Å². The molecule has 0 amide bonds. The summed E-state index contributed by atoms with van der Waals surface area (Å²) in [6, 6.07) is 3.13. The number of nitrogens with zero attached hydrogens (tertiary/aromatic N) is 3. The molecular formula is C16H16F2N4. The lowest BCUT2D eigenvalue weighted by Gasteiger charge is -2.09. The third-order valence-corrected chi connectivity index (χ3v) is 3.60. The van der Waals surface area contributed by atoms with Gasteiger partial charge < -0.3 is 9.55 Å². The van der Waals surface area contributed by atoms with Gasteiger partial charge in [0, 0.05) is 37.8 Å². The number of H-pyrrole nitrogens is 1. The number of hydrogen-bond acceptors (Lipinski definition) is 2. The maximum absolute atomic E-state index is 14.1. The number of halogens is 2. The van der Waals surface area contributed by atoms with Crippen molar-refractivity contribution >= 4 is 0 Å². The highest BCUT2D eigenvalue weighted by Crippen LogP contribution is 2.25. The van der Waals surface area contributed by atoms with Crippen LogP contribution in [-0.2, 0) is 13.0 Å². The Kier molecular flexibility index (Phi) is 4.00. The van der Waals surface area contributed by atoms with Crippen LogP contribution >= 0.6 is 0 Å². The third-order valence-electron chi connectivity index (χ3n) is 3.60. The Balaban J connectivity index is 1.79. The largest absolute Gasteiger partial charge is 0.349 e. The van der Waals surface area contributed by atoms with Gasteiger partial charge in [0.05, 0.1) is 5.56 Å². The summed E-state index contributed by atoms with van der Waals surface area (Å²) in [5, 5.41) is 0. The van der Waals surface area contributed by atoms with E-state index in [0.717, 1.165) is 18.7 Å². The first-order valence-corrected chi connectivity index (χ1v) is 7.11. The van der Waals surface area contributed by atoms with E-state index in [-0.39, 0.29) is 11.1 Å². The molecule has 3 rings (SSSR count). The van der Waals surface area contributed by atoms with Crippen LogP contribution in [0.2, 0.25) is 0 Å². The Morgan fingerprint density at radius 3 is 2.77 bits per heavy atom. The van der Waals surface area contributed by atoms with E-state index in [1.807, 2.05) is 4.57 Å². The van der Waals surface area contributed by atoms with Crippen LogP contribution in [0.4, 0.5) is 8.78 Å². The number of imidazole rings is 2. The molecule has 3 aromatic rings. The first-order valence-electron chi connectivity index (χ1n) is 7.11. The molecule has 22 heavy (non-hydrogen) atoms. The average Bonchev–Trinajstić information content (AvgIpc) is 3.17. The molecule has 2 heterocycles. The molecule has 0 bridgehead atoms. The van der Waals surface area contributed by atoms with E-state index in [2.05, 4.69) is 15.0 Å². The Morgan fingerprint density at radius 1 is 1.14 bits per heavy atom. The van der Waals surface area contributed by atoms with Crippen molar-refractivity contribution < 1.29 is 8.78 Å². The molecule has 0 aliphatic heterocycles. The summed E-state index contributed by atoms with van der Waals surface area (Å²) in [7, 11) is 0. The van der Waals surface area contributed by atoms with Crippen LogP contribution in [0.25, 0.3) is 11.4 Å². The van der Waals surface area contributed by atoms with E-state index in [4.69, 9.17) is 0 Å². The van der Waals surface area contributed by atoms with Crippen LogP contribution in [0, 0.1) is 18.6 Å². The minimum absolute atomic E-state index is 0.186. The molecule has 0 saturated heterocycles. The predicted octanol–water partition coefficient (Wildman–Crippen LogP) is 3.49. The molecule has 114 valence electrons. The summed E-state index contributed by atoms with van der Waals surface area (Å²) in [5.41, 5.74) is 0.475. The average molecular weight is 302 g/mol. The second kappa shape index (κ2) is 6.09. The van der Waals surface area contributed by atoms with E-state index in [0.29, 0.717) is 12.4 Å². The van der Waals surface area contributed by atoms with Crippen LogP contribution in [0.3, 0.4) is 0 Å². The predicted molar refractivity (Wildman–Crippen MR) is 79.2 cm³/mol. The van der Waals surface area contributed by atoms with Crippen molar-refractivity contribution in [1.29, 1.82) is 0 Å². The van der Waals surface area contributed by atoms with Gasteiger partial charge in [0.1, 0.15) is 11.6 Å². The van der Waals surface area contributed by atoms with E-state index < -0.39 is 11.6 Å². The van der Waals surface area contributed by atoms with Crippen LogP contribution < -0.4 is 0 Å². The zero-order chi connectivity index (χ0) is 15.5. The van der Waals surface area contributed by atoms with Gasteiger partial charge in [-0.05, 0) is 25.0 Å². The molecule has 0 saturated carbocycles. The Bertz CT molecular complexity index is 763. The van der Waals surface area contributed by atoms with Gasteiger partial charge in [-0.3, -0.25) is 0 Å². The first kappa shape index (κ1) is 14.4. The molecule has 0 fully saturated rings. The fraction of sp³-hybridized carbons (Fsp3) is 0.250. The standard InChI is InChI=1S/C16H16F2N4/c1-11-4-5-12(15(18)14(11)17)16-21-8-10-22(16)9-2-3-13-19-6-7-20-13/h4-8,10H,2-3,9H2,1H3,(H,19,20). The van der Waals surface area contributed by atoms with Crippen molar-refractivity contribution in [3.05, 3.63) is 59.9 Å². The van der Waals surface area contributed by atoms with Gasteiger partial charge >= 0.3 is 0 Å². The van der Waals surface area contributed by atoms with E-state index in [1.54, 1.807) is 36.9 Å². The summed E-state index contributed by atoms with van der Waals surface area (Å²) >= 11 is 0. The minimum Gasteiger partial charge on any atom is -0.349 e. The fourth-order valence-corrected chi connectivity index (χ4v) is 2.40. The lowest BCUT2D eigenvalue weighted by Crippen LogP contribution is -2.04. The van der Waals surface area contributed by atoms with Gasteiger partial charge in [-0.25, -0.2) is 18.7 Å². The van der Waals surface area contributed by atoms with Crippen molar-refractivity contribution in [2.24, 2.45) is 0 Å². The molecule has 1 N–H and O–H groups in total. The number of aromatic nitrogens is 4. The van der Waals surface area contributed by atoms with Gasteiger partial charge in [-0.15, -0.1) is 0 Å². The number of rotatable bonds is 5. The number of nitrogens with one attached hydrogen (secondary N) is 1. The number of aromatic amines is 1. The van der Waals surface area contributed by atoms with E-state index >= 15 is 0 Å². The van der Waals surface area contributed by atoms with Crippen molar-refractivity contribution in [3.63, 3.8) is 0 Å². The number of benzene rings is 1. The summed E-state index contributed by atoms with van der Waals surface area (Å²) in [6.45, 7) is 2.20. The molecule has 0 unspecified atom stereocenters. The Hall–Kier alpha value is -2.50. The summed E-state index contributed by atoms with van der Waals surface area (Å²) in [4.78, 5) is 11.4. The Labute approximate surface area is 126 Å². The fourth-order valence-electron chi connectivity index (χ4n) is 2.40. The number of hydrogen-bond donors (Lipinski definition) is 1. The van der Waals surface area contributed by atoms with Crippen LogP contribution in [-0.4, -0.2) is 19.5 Å². The van der Waals surface area contributed by atoms with Crippen molar-refractivity contribution in [2.75, 3.05) is 0 Å². The molecular weight excluding hydrogens is 286 g/mol. The van der Waals surface area contributed by atoms with Crippen LogP contribution in [0.5, 0.6) is 0 Å². The highest BCUT2D eigenvalue weighted by atomic mass is 19.2. The number of aryl methyl sites for hydroxylation is 3. The summed E-state index contributed by atoms with van der Waals surface area (Å²) in [5.74, 6) is -0.314. The summed E-state index contributed by atoms with van der Waals surface area (Å²) in [6.07, 6.45) is 8.47. The van der Waals surface area contributed by atoms with Crippen molar-refractivity contribution in [1.82, 2.24) is 19.5 Å². The van der Waals surface area contributed by atoms with E-state index in [9.17, 15) is 8.78 Å². The summed E-state index contributed by atoms with van der Waals surface area (Å²) < 4.78 is 29.7. The van der Waals surface area contributed by atoms with Gasteiger partial charge in [0.2, 0.25) is 0 Å². The maximum atomic E-state index is 14.1. The highest BCUT2D eigenvalue weighted by Gasteiger charge is 2.16. The third kappa shape index (κ3) is 2.77. The van der Waals surface area contributed by atoms with Gasteiger partial charge in [-0.1, -0.05) is 6.07 Å². The second-order valence-corrected chi connectivity index (χ2v) is 5.14. The molecule has 4 nitrogen and oxygen atoms in total. The lowest BCUT2D eigenvalue weighted by molar-refractivity contribution is 0.504. The van der Waals surface area contributed by atoms with Gasteiger partial charge in [-0.2, -0.15) is 0 Å². The molecule has 1 aromatic carbocycles. The molecule has 2 aromatic heterocycles. The smallest absolute Gasteiger partial charge is 0.170 e. The quantitative estimate of drug-likeness (QED) is 0.784. The van der Waals surface area contributed by atoms with Crippen LogP contribution in [0.15, 0.2) is 36.9 Å². The minimum atomic E-state index is -0.849. The molecule has 6 heteroatoms. The first-order chi connectivity index (χ1) is 10.7. The second-order valence-electron chi connectivity index (χ2n) is 5.14. The van der Waals surface area contributed by atoms with Gasteiger partial charge in [0.15, 0.2) is 11.6 Å². The molecule has 0 radical (unpaired) electrons. The van der Waals surface area contributed by atoms with Crippen molar-refractivity contribution in [3.8, 4) is 11.4 Å². The van der Waals surface area contributed by atoms with Crippen molar-refractivity contribution in [2.45, 2.75) is 26.3 Å². The topological polar surface area (TPSA) is 46.5 Å². The zero-order valence-corrected chi connectivity index (χ0v) is 12.2. The monoisotopic (exact) mass is 302 g/mol. The Morgan fingerprint density at radius 2 is 2.00 bits per heavy atom. The molecule has 0 atom stereocenters. The lowest BCUT2D eigenvalue weighted by atomic mass is 10.1. The maximum Gasteiger partial charge on any atom is 0.170 e. The molecule has 0 spiro atoms. The SMILES string of the molecule is Cc1ccc(-c2nccn2CCCc2ncc[nH]2)c(F)c1F. The zero-order valence-electron chi connectivity index (χ0n) is 12.2. The normalized spacial score (nSPS) is 11.0. The molecule has 0 aliphatic carbocycles.